The van der Waals surface area contributed by atoms with Crippen LogP contribution in [0.3, 0.4) is 0 Å². The van der Waals surface area contributed by atoms with Crippen molar-refractivity contribution in [1.29, 1.82) is 0 Å². The van der Waals surface area contributed by atoms with Crippen molar-refractivity contribution in [2.24, 2.45) is 0 Å². The zero-order valence-electron chi connectivity index (χ0n) is 8.28. The fraction of sp³-hybridized carbons (Fsp3) is 0.556. The first-order valence-electron chi connectivity index (χ1n) is 4.79. The molecule has 0 bridgehead atoms. The van der Waals surface area contributed by atoms with Crippen molar-refractivity contribution in [3.8, 4) is 0 Å². The quantitative estimate of drug-likeness (QED) is 0.788. The third kappa shape index (κ3) is 2.24. The SMILES string of the molecule is OC1CCN(c2cc(C(F)(F)F)ncn2)C1. The normalized spacial score (nSPS) is 21.5. The Balaban J connectivity index is 2.23. The predicted octanol–water partition coefficient (Wildman–Crippen LogP) is 1.07. The molecular formula is C9H10F3N3O. The van der Waals surface area contributed by atoms with Crippen LogP contribution in [-0.2, 0) is 6.18 Å². The van der Waals surface area contributed by atoms with Gasteiger partial charge in [-0.2, -0.15) is 13.2 Å². The lowest BCUT2D eigenvalue weighted by Crippen LogP contribution is -2.23. The van der Waals surface area contributed by atoms with Gasteiger partial charge in [0.25, 0.3) is 0 Å². The Kier molecular flexibility index (Phi) is 2.71. The van der Waals surface area contributed by atoms with Gasteiger partial charge in [0, 0.05) is 19.2 Å². The minimum Gasteiger partial charge on any atom is -0.391 e. The van der Waals surface area contributed by atoms with Crippen molar-refractivity contribution >= 4 is 5.82 Å². The average Bonchev–Trinajstić information content (AvgIpc) is 2.64. The lowest BCUT2D eigenvalue weighted by Gasteiger charge is -2.17. The fourth-order valence-corrected chi connectivity index (χ4v) is 1.62. The molecular weight excluding hydrogens is 223 g/mol. The summed E-state index contributed by atoms with van der Waals surface area (Å²) in [6, 6.07) is 0.901. The zero-order chi connectivity index (χ0) is 11.8. The average molecular weight is 233 g/mol. The molecule has 1 N–H and O–H groups in total. The Morgan fingerprint density at radius 2 is 2.12 bits per heavy atom. The van der Waals surface area contributed by atoms with Crippen LogP contribution in [0.4, 0.5) is 19.0 Å². The third-order valence-corrected chi connectivity index (χ3v) is 2.43. The number of aromatic nitrogens is 2. The number of aliphatic hydroxyl groups is 1. The molecule has 4 nitrogen and oxygen atoms in total. The molecule has 1 aliphatic heterocycles. The van der Waals surface area contributed by atoms with Gasteiger partial charge in [-0.3, -0.25) is 0 Å². The molecule has 1 aromatic heterocycles. The summed E-state index contributed by atoms with van der Waals surface area (Å²) >= 11 is 0. The van der Waals surface area contributed by atoms with E-state index in [-0.39, 0.29) is 5.82 Å². The van der Waals surface area contributed by atoms with Crippen molar-refractivity contribution in [3.05, 3.63) is 18.1 Å². The van der Waals surface area contributed by atoms with E-state index in [0.29, 0.717) is 19.5 Å². The molecule has 1 fully saturated rings. The first-order chi connectivity index (χ1) is 7.47. The monoisotopic (exact) mass is 233 g/mol. The molecule has 0 amide bonds. The predicted molar refractivity (Wildman–Crippen MR) is 49.9 cm³/mol. The van der Waals surface area contributed by atoms with E-state index in [1.807, 2.05) is 0 Å². The van der Waals surface area contributed by atoms with Gasteiger partial charge in [0.05, 0.1) is 6.10 Å². The second kappa shape index (κ2) is 3.89. The standard InChI is InChI=1S/C9H10F3N3O/c10-9(11,12)7-3-8(14-5-13-7)15-2-1-6(16)4-15/h3,5-6,16H,1-2,4H2. The molecule has 2 rings (SSSR count). The summed E-state index contributed by atoms with van der Waals surface area (Å²) in [7, 11) is 0. The van der Waals surface area contributed by atoms with E-state index in [9.17, 15) is 18.3 Å². The fourth-order valence-electron chi connectivity index (χ4n) is 1.62. The summed E-state index contributed by atoms with van der Waals surface area (Å²) in [5.74, 6) is 0.207. The topological polar surface area (TPSA) is 49.2 Å². The minimum absolute atomic E-state index is 0.207. The second-order valence-corrected chi connectivity index (χ2v) is 3.65. The van der Waals surface area contributed by atoms with E-state index in [2.05, 4.69) is 9.97 Å². The molecule has 0 aliphatic carbocycles. The van der Waals surface area contributed by atoms with E-state index in [0.717, 1.165) is 12.4 Å². The number of rotatable bonds is 1. The van der Waals surface area contributed by atoms with Gasteiger partial charge >= 0.3 is 6.18 Å². The molecule has 16 heavy (non-hydrogen) atoms. The van der Waals surface area contributed by atoms with Gasteiger partial charge in [0.15, 0.2) is 0 Å². The molecule has 0 radical (unpaired) electrons. The highest BCUT2D eigenvalue weighted by atomic mass is 19.4. The molecule has 0 aromatic carbocycles. The van der Waals surface area contributed by atoms with Crippen LogP contribution in [-0.4, -0.2) is 34.3 Å². The van der Waals surface area contributed by atoms with Crippen LogP contribution in [0.25, 0.3) is 0 Å². The van der Waals surface area contributed by atoms with Crippen LogP contribution in [0.1, 0.15) is 12.1 Å². The number of hydrogen-bond donors (Lipinski definition) is 1. The maximum absolute atomic E-state index is 12.4. The number of anilines is 1. The van der Waals surface area contributed by atoms with E-state index >= 15 is 0 Å². The molecule has 88 valence electrons. The molecule has 1 aliphatic rings. The lowest BCUT2D eigenvalue weighted by atomic mass is 10.3. The van der Waals surface area contributed by atoms with Gasteiger partial charge in [-0.1, -0.05) is 0 Å². The molecule has 7 heteroatoms. The molecule has 0 spiro atoms. The molecule has 1 aromatic rings. The number of aliphatic hydroxyl groups excluding tert-OH is 1. The number of halogens is 3. The first-order valence-corrected chi connectivity index (χ1v) is 4.79. The number of β-amino-alcohol motifs (C(OH)–C–C–N with tert-alkyl or cyclic N) is 1. The first kappa shape index (κ1) is 11.1. The summed E-state index contributed by atoms with van der Waals surface area (Å²) in [6.45, 7) is 0.823. The molecule has 2 heterocycles. The zero-order valence-corrected chi connectivity index (χ0v) is 8.28. The summed E-state index contributed by atoms with van der Waals surface area (Å²) in [5, 5.41) is 9.28. The number of nitrogens with zero attached hydrogens (tertiary/aromatic N) is 3. The minimum atomic E-state index is -4.46. The molecule has 1 saturated heterocycles. The Bertz CT molecular complexity index is 383. The summed E-state index contributed by atoms with van der Waals surface area (Å²) in [6.07, 6.45) is -3.52. The van der Waals surface area contributed by atoms with Gasteiger partial charge < -0.3 is 10.0 Å². The van der Waals surface area contributed by atoms with Gasteiger partial charge in [-0.25, -0.2) is 9.97 Å². The molecule has 0 saturated carbocycles. The third-order valence-electron chi connectivity index (χ3n) is 2.43. The van der Waals surface area contributed by atoms with Crippen molar-refractivity contribution in [3.63, 3.8) is 0 Å². The highest BCUT2D eigenvalue weighted by molar-refractivity contribution is 5.40. The van der Waals surface area contributed by atoms with Crippen LogP contribution in [0.2, 0.25) is 0 Å². The van der Waals surface area contributed by atoms with Crippen LogP contribution >= 0.6 is 0 Å². The number of hydrogen-bond acceptors (Lipinski definition) is 4. The second-order valence-electron chi connectivity index (χ2n) is 3.65. The Labute approximate surface area is 89.7 Å². The van der Waals surface area contributed by atoms with Crippen molar-refractivity contribution in [2.75, 3.05) is 18.0 Å². The summed E-state index contributed by atoms with van der Waals surface area (Å²) < 4.78 is 37.1. The van der Waals surface area contributed by atoms with Gasteiger partial charge in [-0.15, -0.1) is 0 Å². The van der Waals surface area contributed by atoms with E-state index < -0.39 is 18.0 Å². The summed E-state index contributed by atoms with van der Waals surface area (Å²) in [4.78, 5) is 8.56. The van der Waals surface area contributed by atoms with E-state index in [1.165, 1.54) is 0 Å². The largest absolute Gasteiger partial charge is 0.433 e. The van der Waals surface area contributed by atoms with Gasteiger partial charge in [-0.05, 0) is 6.42 Å². The van der Waals surface area contributed by atoms with Crippen molar-refractivity contribution in [2.45, 2.75) is 18.7 Å². The van der Waals surface area contributed by atoms with Crippen molar-refractivity contribution in [1.82, 2.24) is 9.97 Å². The maximum atomic E-state index is 12.4. The number of alkyl halides is 3. The lowest BCUT2D eigenvalue weighted by molar-refractivity contribution is -0.141. The Morgan fingerprint density at radius 1 is 1.38 bits per heavy atom. The molecule has 1 atom stereocenters. The van der Waals surface area contributed by atoms with E-state index in [4.69, 9.17) is 0 Å². The Hall–Kier alpha value is -1.37. The van der Waals surface area contributed by atoms with Crippen LogP contribution in [0.5, 0.6) is 0 Å². The van der Waals surface area contributed by atoms with Gasteiger partial charge in [0.1, 0.15) is 17.8 Å². The Morgan fingerprint density at radius 3 is 2.69 bits per heavy atom. The maximum Gasteiger partial charge on any atom is 0.433 e. The van der Waals surface area contributed by atoms with Crippen LogP contribution < -0.4 is 4.90 Å². The van der Waals surface area contributed by atoms with Crippen LogP contribution in [0.15, 0.2) is 12.4 Å². The van der Waals surface area contributed by atoms with E-state index in [1.54, 1.807) is 4.90 Å². The summed E-state index contributed by atoms with van der Waals surface area (Å²) in [5.41, 5.74) is -0.959. The van der Waals surface area contributed by atoms with Crippen LogP contribution in [0, 0.1) is 0 Å². The smallest absolute Gasteiger partial charge is 0.391 e. The highest BCUT2D eigenvalue weighted by Gasteiger charge is 2.33. The van der Waals surface area contributed by atoms with Crippen molar-refractivity contribution < 1.29 is 18.3 Å². The molecule has 1 unspecified atom stereocenters. The van der Waals surface area contributed by atoms with Gasteiger partial charge in [0.2, 0.25) is 0 Å². The highest BCUT2D eigenvalue weighted by Crippen LogP contribution is 2.29.